The van der Waals surface area contributed by atoms with Crippen molar-refractivity contribution in [1.82, 2.24) is 20.1 Å². The average Bonchev–Trinajstić information content (AvgIpc) is 2.79. The molecule has 166 valence electrons. The van der Waals surface area contributed by atoms with E-state index in [4.69, 9.17) is 4.74 Å². The lowest BCUT2D eigenvalue weighted by molar-refractivity contribution is 0.0886. The van der Waals surface area contributed by atoms with E-state index >= 15 is 0 Å². The van der Waals surface area contributed by atoms with Crippen molar-refractivity contribution in [2.24, 2.45) is 5.92 Å². The molecule has 0 radical (unpaired) electrons. The minimum Gasteiger partial charge on any atom is -0.495 e. The van der Waals surface area contributed by atoms with Crippen LogP contribution in [0.25, 0.3) is 0 Å². The van der Waals surface area contributed by atoms with Crippen LogP contribution in [0.2, 0.25) is 0 Å². The maximum Gasteiger partial charge on any atom is 0.317 e. The highest BCUT2D eigenvalue weighted by Gasteiger charge is 2.23. The van der Waals surface area contributed by atoms with Crippen molar-refractivity contribution >= 4 is 11.8 Å². The average molecular weight is 429 g/mol. The van der Waals surface area contributed by atoms with E-state index in [1.54, 1.807) is 25.3 Å². The van der Waals surface area contributed by atoms with E-state index < -0.39 is 0 Å². The molecule has 2 heterocycles. The topological polar surface area (TPSA) is 74.8 Å². The lowest BCUT2D eigenvalue weighted by Gasteiger charge is -2.33. The zero-order chi connectivity index (χ0) is 22.2. The molecule has 0 spiro atoms. The van der Waals surface area contributed by atoms with E-state index in [1.165, 1.54) is 24.3 Å². The van der Waals surface area contributed by atoms with Crippen LogP contribution in [0.4, 0.5) is 9.18 Å². The number of hydrogen-bond donors (Lipinski definition) is 1. The summed E-state index contributed by atoms with van der Waals surface area (Å²) in [6, 6.07) is 9.18. The molecule has 1 aliphatic rings. The highest BCUT2D eigenvalue weighted by molar-refractivity contribution is 5.97. The quantitative estimate of drug-likeness (QED) is 0.655. The number of aromatic nitrogens is 1. The van der Waals surface area contributed by atoms with E-state index in [2.05, 4.69) is 15.2 Å². The van der Waals surface area contributed by atoms with Gasteiger partial charge in [0.05, 0.1) is 32.1 Å². The summed E-state index contributed by atoms with van der Waals surface area (Å²) in [5.41, 5.74) is 1.30. The number of carbonyl (C=O) groups is 2. The number of benzene rings is 1. The Labute approximate surface area is 182 Å². The van der Waals surface area contributed by atoms with Gasteiger partial charge < -0.3 is 15.0 Å². The molecule has 1 aromatic heterocycles. The van der Waals surface area contributed by atoms with E-state index in [0.29, 0.717) is 36.9 Å². The molecule has 1 N–H and O–H groups in total. The molecule has 0 saturated carbocycles. The molecule has 1 aliphatic heterocycles. The van der Waals surface area contributed by atoms with E-state index in [-0.39, 0.29) is 17.6 Å². The number of halogens is 1. The molecule has 3 rings (SSSR count). The molecule has 0 aliphatic carbocycles. The van der Waals surface area contributed by atoms with Crippen molar-refractivity contribution in [1.29, 1.82) is 0 Å². The van der Waals surface area contributed by atoms with E-state index in [1.807, 2.05) is 12.1 Å². The molecule has 1 aromatic carbocycles. The summed E-state index contributed by atoms with van der Waals surface area (Å²) in [5, 5.41) is 2.88. The predicted octanol–water partition coefficient (Wildman–Crippen LogP) is 2.97. The second-order valence-electron chi connectivity index (χ2n) is 7.88. The number of amides is 2. The molecule has 7 nitrogen and oxygen atoms in total. The molecule has 8 heteroatoms. The first-order valence-electron chi connectivity index (χ1n) is 10.4. The van der Waals surface area contributed by atoms with Crippen LogP contribution < -0.4 is 10.1 Å². The van der Waals surface area contributed by atoms with Gasteiger partial charge in [0.1, 0.15) is 11.6 Å². The van der Waals surface area contributed by atoms with Crippen LogP contribution in [0.1, 0.15) is 28.9 Å². The molecule has 1 saturated heterocycles. The summed E-state index contributed by atoms with van der Waals surface area (Å²) in [6.07, 6.45) is 3.47. The summed E-state index contributed by atoms with van der Waals surface area (Å²) in [4.78, 5) is 32.8. The van der Waals surface area contributed by atoms with Gasteiger partial charge in [-0.25, -0.2) is 9.18 Å². The Morgan fingerprint density at radius 3 is 2.52 bits per heavy atom. The number of likely N-dealkylation sites (tertiary alicyclic amines) is 1. The van der Waals surface area contributed by atoms with Crippen LogP contribution in [0, 0.1) is 11.7 Å². The zero-order valence-electron chi connectivity index (χ0n) is 18.0. The summed E-state index contributed by atoms with van der Waals surface area (Å²) >= 11 is 0. The number of rotatable bonds is 8. The molecule has 1 fully saturated rings. The van der Waals surface area contributed by atoms with Crippen LogP contribution in [-0.4, -0.2) is 66.9 Å². The molecular formula is C23H29FN4O3. The third-order valence-electron chi connectivity index (χ3n) is 5.57. The monoisotopic (exact) mass is 428 g/mol. The number of ether oxygens (including phenoxy) is 1. The Kier molecular flexibility index (Phi) is 7.94. The van der Waals surface area contributed by atoms with Crippen molar-refractivity contribution in [3.63, 3.8) is 0 Å². The molecule has 0 atom stereocenters. The Morgan fingerprint density at radius 1 is 1.19 bits per heavy atom. The van der Waals surface area contributed by atoms with Gasteiger partial charge in [-0.05, 0) is 68.2 Å². The number of carbonyl (C=O) groups excluding carboxylic acids is 2. The molecular weight excluding hydrogens is 399 g/mol. The van der Waals surface area contributed by atoms with Crippen molar-refractivity contribution in [2.75, 3.05) is 40.3 Å². The number of methoxy groups -OCH3 is 1. The molecule has 0 bridgehead atoms. The lowest BCUT2D eigenvalue weighted by Crippen LogP contribution is -2.43. The van der Waals surface area contributed by atoms with Gasteiger partial charge in [0, 0.05) is 19.2 Å². The summed E-state index contributed by atoms with van der Waals surface area (Å²) in [6.45, 7) is 2.98. The summed E-state index contributed by atoms with van der Waals surface area (Å²) in [7, 11) is 3.38. The molecule has 2 amide bonds. The van der Waals surface area contributed by atoms with Crippen LogP contribution in [0.15, 0.2) is 42.6 Å². The first kappa shape index (κ1) is 22.7. The van der Waals surface area contributed by atoms with Gasteiger partial charge in [0.15, 0.2) is 5.78 Å². The molecule has 0 unspecified atom stereocenters. The van der Waals surface area contributed by atoms with Crippen LogP contribution >= 0.6 is 0 Å². The van der Waals surface area contributed by atoms with Crippen LogP contribution in [-0.2, 0) is 6.54 Å². The Morgan fingerprint density at radius 2 is 1.90 bits per heavy atom. The fourth-order valence-corrected chi connectivity index (χ4v) is 3.66. The van der Waals surface area contributed by atoms with E-state index in [9.17, 15) is 14.0 Å². The third-order valence-corrected chi connectivity index (χ3v) is 5.57. The maximum absolute atomic E-state index is 13.0. The number of nitrogens with one attached hydrogen (secondary N) is 1. The van der Waals surface area contributed by atoms with Gasteiger partial charge in [-0.2, -0.15) is 0 Å². The van der Waals surface area contributed by atoms with Gasteiger partial charge in [-0.3, -0.25) is 14.7 Å². The summed E-state index contributed by atoms with van der Waals surface area (Å²) < 4.78 is 18.1. The third kappa shape index (κ3) is 6.75. The van der Waals surface area contributed by atoms with Crippen molar-refractivity contribution in [3.05, 3.63) is 59.7 Å². The van der Waals surface area contributed by atoms with Gasteiger partial charge in [-0.15, -0.1) is 0 Å². The van der Waals surface area contributed by atoms with Crippen LogP contribution in [0.3, 0.4) is 0 Å². The highest BCUT2D eigenvalue weighted by atomic mass is 19.1. The predicted molar refractivity (Wildman–Crippen MR) is 116 cm³/mol. The zero-order valence-corrected chi connectivity index (χ0v) is 18.0. The summed E-state index contributed by atoms with van der Waals surface area (Å²) in [5.74, 6) is 0.734. The highest BCUT2D eigenvalue weighted by Crippen LogP contribution is 2.19. The van der Waals surface area contributed by atoms with Gasteiger partial charge in [-0.1, -0.05) is 0 Å². The first-order chi connectivity index (χ1) is 14.9. The van der Waals surface area contributed by atoms with Crippen molar-refractivity contribution in [3.8, 4) is 5.75 Å². The number of piperidine rings is 1. The normalized spacial score (nSPS) is 14.8. The van der Waals surface area contributed by atoms with Gasteiger partial charge in [0.25, 0.3) is 0 Å². The first-order valence-corrected chi connectivity index (χ1v) is 10.4. The number of Topliss-reactive ketones (excluding diaryl/α,β-unsaturated/α-hetero) is 1. The Bertz CT molecular complexity index is 865. The fourth-order valence-electron chi connectivity index (χ4n) is 3.66. The van der Waals surface area contributed by atoms with Crippen molar-refractivity contribution in [2.45, 2.75) is 19.4 Å². The van der Waals surface area contributed by atoms with Gasteiger partial charge in [0.2, 0.25) is 0 Å². The SMILES string of the molecule is COc1ccc(CNC(=O)N(C)CC2CCN(CC(=O)c3ccc(F)cc3)CC2)nc1. The smallest absolute Gasteiger partial charge is 0.317 e. The standard InChI is InChI=1S/C23H29FN4O3/c1-27(23(30)26-13-20-7-8-21(31-2)14-25-20)15-17-9-11-28(12-10-17)16-22(29)18-3-5-19(24)6-4-18/h3-8,14,17H,9-13,15-16H2,1-2H3,(H,26,30). The number of urea groups is 1. The number of hydrogen-bond acceptors (Lipinski definition) is 5. The van der Waals surface area contributed by atoms with Crippen LogP contribution in [0.5, 0.6) is 5.75 Å². The Balaban J connectivity index is 1.37. The number of ketones is 1. The number of pyridine rings is 1. The molecule has 2 aromatic rings. The second-order valence-corrected chi connectivity index (χ2v) is 7.88. The van der Waals surface area contributed by atoms with Crippen molar-refractivity contribution < 1.29 is 18.7 Å². The second kappa shape index (κ2) is 10.9. The van der Waals surface area contributed by atoms with Gasteiger partial charge >= 0.3 is 6.03 Å². The van der Waals surface area contributed by atoms with E-state index in [0.717, 1.165) is 31.6 Å². The fraction of sp³-hybridized carbons (Fsp3) is 0.435. The Hall–Kier alpha value is -3.00. The minimum atomic E-state index is -0.342. The maximum atomic E-state index is 13.0. The minimum absolute atomic E-state index is 0.00193. The lowest BCUT2D eigenvalue weighted by atomic mass is 9.96. The molecule has 31 heavy (non-hydrogen) atoms. The largest absolute Gasteiger partial charge is 0.495 e. The number of nitrogens with zero attached hydrogens (tertiary/aromatic N) is 3.